The van der Waals surface area contributed by atoms with Gasteiger partial charge in [-0.15, -0.1) is 0 Å². The first-order chi connectivity index (χ1) is 12.9. The highest BCUT2D eigenvalue weighted by Gasteiger charge is 2.69. The maximum Gasteiger partial charge on any atom is 0.424 e. The second-order valence-corrected chi connectivity index (χ2v) is 11.0. The molecule has 152 valence electrons. The number of ketones is 1. The van der Waals surface area contributed by atoms with Crippen LogP contribution in [-0.4, -0.2) is 53.7 Å². The van der Waals surface area contributed by atoms with Gasteiger partial charge >= 0.3 is 6.09 Å². The van der Waals surface area contributed by atoms with Gasteiger partial charge in [0, 0.05) is 11.5 Å². The van der Waals surface area contributed by atoms with Gasteiger partial charge in [0.2, 0.25) is 10.0 Å². The molecule has 1 aromatic carbocycles. The van der Waals surface area contributed by atoms with Crippen molar-refractivity contribution in [1.82, 2.24) is 4.31 Å². The molecule has 3 heterocycles. The van der Waals surface area contributed by atoms with Crippen molar-refractivity contribution in [2.45, 2.75) is 69.0 Å². The van der Waals surface area contributed by atoms with E-state index in [1.54, 1.807) is 32.9 Å². The number of sulfonamides is 1. The molecule has 0 saturated carbocycles. The zero-order valence-corrected chi connectivity index (χ0v) is 17.3. The largest absolute Gasteiger partial charge is 0.443 e. The molecule has 0 aromatic heterocycles. The van der Waals surface area contributed by atoms with E-state index in [1.807, 2.05) is 12.1 Å². The summed E-state index contributed by atoms with van der Waals surface area (Å²) >= 11 is 0. The maximum absolute atomic E-state index is 13.0. The third kappa shape index (κ3) is 2.93. The summed E-state index contributed by atoms with van der Waals surface area (Å²) in [5.41, 5.74) is 0.00801. The smallest absolute Gasteiger partial charge is 0.424 e. The lowest BCUT2D eigenvalue weighted by molar-refractivity contribution is 0.000350. The van der Waals surface area contributed by atoms with Gasteiger partial charge in [0.15, 0.2) is 5.78 Å². The van der Waals surface area contributed by atoms with Crippen LogP contribution in [0.4, 0.5) is 4.79 Å². The van der Waals surface area contributed by atoms with Crippen LogP contribution in [0.3, 0.4) is 0 Å². The van der Waals surface area contributed by atoms with E-state index in [-0.39, 0.29) is 24.3 Å². The molecule has 0 N–H and O–H groups in total. The first kappa shape index (κ1) is 19.4. The molecular weight excluding hydrogens is 382 g/mol. The monoisotopic (exact) mass is 407 g/mol. The van der Waals surface area contributed by atoms with Gasteiger partial charge in [-0.3, -0.25) is 4.79 Å². The number of hydrogen-bond donors (Lipinski definition) is 0. The minimum absolute atomic E-state index is 0.00397. The molecule has 1 aromatic rings. The molecule has 1 amide bonds. The van der Waals surface area contributed by atoms with Crippen LogP contribution < -0.4 is 0 Å². The Bertz CT molecular complexity index is 932. The summed E-state index contributed by atoms with van der Waals surface area (Å²) in [6.07, 6.45) is -0.157. The summed E-state index contributed by atoms with van der Waals surface area (Å²) in [7, 11) is -3.81. The van der Waals surface area contributed by atoms with E-state index in [9.17, 15) is 18.0 Å². The molecule has 3 saturated heterocycles. The first-order valence-electron chi connectivity index (χ1n) is 9.46. The molecule has 3 aliphatic rings. The number of carbonyl (C=O) groups excluding carboxylic acids is 2. The summed E-state index contributed by atoms with van der Waals surface area (Å²) < 4.78 is 38.2. The van der Waals surface area contributed by atoms with Crippen LogP contribution in [0, 0.1) is 0 Å². The van der Waals surface area contributed by atoms with Crippen molar-refractivity contribution in [3.8, 4) is 0 Å². The van der Waals surface area contributed by atoms with Crippen LogP contribution in [0.2, 0.25) is 0 Å². The summed E-state index contributed by atoms with van der Waals surface area (Å²) in [4.78, 5) is 24.0. The number of amides is 1. The third-order valence-corrected chi connectivity index (χ3v) is 8.09. The fraction of sp³-hybridized carbons (Fsp3) is 0.600. The molecule has 4 rings (SSSR count). The number of ether oxygens (including phenoxy) is 2. The Kier molecular flexibility index (Phi) is 4.18. The normalized spacial score (nSPS) is 33.0. The molecule has 4 atom stereocenters. The van der Waals surface area contributed by atoms with E-state index in [1.165, 1.54) is 6.92 Å². The second kappa shape index (κ2) is 6.03. The maximum atomic E-state index is 13.0. The standard InChI is InChI=1S/C20H25NO6S/c1-12(22)13-5-7-14(8-6-13)15-10-20-11-21(18(23)27-19(2,3)4)28(24,25)17(20)9-16(15)26-20/h5-8,15-17H,9-11H2,1-4H3/t15?,16?,17?,20-/m1/s1. The summed E-state index contributed by atoms with van der Waals surface area (Å²) in [6, 6.07) is 7.40. The molecular formula is C20H25NO6S. The van der Waals surface area contributed by atoms with Gasteiger partial charge < -0.3 is 9.47 Å². The first-order valence-corrected chi connectivity index (χ1v) is 11.0. The Balaban J connectivity index is 1.58. The summed E-state index contributed by atoms with van der Waals surface area (Å²) in [5.74, 6) is 0.0512. The lowest BCUT2D eigenvalue weighted by Gasteiger charge is -2.26. The van der Waals surface area contributed by atoms with Crippen molar-refractivity contribution < 1.29 is 27.5 Å². The molecule has 2 bridgehead atoms. The fourth-order valence-electron chi connectivity index (χ4n) is 4.64. The van der Waals surface area contributed by atoms with E-state index in [2.05, 4.69) is 0 Å². The van der Waals surface area contributed by atoms with E-state index in [4.69, 9.17) is 9.47 Å². The number of nitrogens with zero attached hydrogens (tertiary/aromatic N) is 1. The predicted octanol–water partition coefficient (Wildman–Crippen LogP) is 2.85. The topological polar surface area (TPSA) is 90.0 Å². The van der Waals surface area contributed by atoms with Crippen LogP contribution in [-0.2, 0) is 19.5 Å². The molecule has 28 heavy (non-hydrogen) atoms. The molecule has 0 radical (unpaired) electrons. The van der Waals surface area contributed by atoms with Gasteiger partial charge in [-0.1, -0.05) is 24.3 Å². The predicted molar refractivity (Wildman–Crippen MR) is 102 cm³/mol. The van der Waals surface area contributed by atoms with Gasteiger partial charge in [-0.05, 0) is 46.1 Å². The molecule has 7 nitrogen and oxygen atoms in total. The van der Waals surface area contributed by atoms with Crippen molar-refractivity contribution in [3.63, 3.8) is 0 Å². The average Bonchev–Trinajstić information content (AvgIpc) is 3.20. The lowest BCUT2D eigenvalue weighted by atomic mass is 9.77. The SMILES string of the molecule is CC(=O)c1ccc(C2C[C@@]34CN(C(=O)OC(C)(C)C)S(=O)(=O)C3CC2O4)cc1. The van der Waals surface area contributed by atoms with Gasteiger partial charge in [0.05, 0.1) is 12.6 Å². The van der Waals surface area contributed by atoms with Gasteiger partial charge in [0.25, 0.3) is 0 Å². The van der Waals surface area contributed by atoms with E-state index >= 15 is 0 Å². The highest BCUT2D eigenvalue weighted by Crippen LogP contribution is 2.57. The minimum Gasteiger partial charge on any atom is -0.443 e. The minimum atomic E-state index is -3.81. The Hall–Kier alpha value is -1.93. The van der Waals surface area contributed by atoms with Crippen molar-refractivity contribution in [1.29, 1.82) is 0 Å². The van der Waals surface area contributed by atoms with E-state index in [0.717, 1.165) is 9.87 Å². The number of benzene rings is 1. The van der Waals surface area contributed by atoms with Crippen molar-refractivity contribution in [3.05, 3.63) is 35.4 Å². The van der Waals surface area contributed by atoms with Crippen LogP contribution in [0.1, 0.15) is 62.4 Å². The van der Waals surface area contributed by atoms with Gasteiger partial charge in [-0.25, -0.2) is 17.5 Å². The third-order valence-electron chi connectivity index (χ3n) is 5.85. The van der Waals surface area contributed by atoms with Gasteiger partial charge in [-0.2, -0.15) is 0 Å². The summed E-state index contributed by atoms with van der Waals surface area (Å²) in [5, 5.41) is -0.717. The van der Waals surface area contributed by atoms with E-state index in [0.29, 0.717) is 18.4 Å². The van der Waals surface area contributed by atoms with Crippen molar-refractivity contribution in [2.24, 2.45) is 0 Å². The van der Waals surface area contributed by atoms with Crippen molar-refractivity contribution >= 4 is 21.9 Å². The highest BCUT2D eigenvalue weighted by molar-refractivity contribution is 7.90. The second-order valence-electron chi connectivity index (χ2n) is 8.97. The Morgan fingerprint density at radius 1 is 1.21 bits per heavy atom. The summed E-state index contributed by atoms with van der Waals surface area (Å²) in [6.45, 7) is 6.63. The van der Waals surface area contributed by atoms with Crippen LogP contribution in [0.25, 0.3) is 0 Å². The number of Topliss-reactive ketones (excluding diaryl/α,β-unsaturated/α-hetero) is 1. The Morgan fingerprint density at radius 3 is 2.43 bits per heavy atom. The van der Waals surface area contributed by atoms with Crippen LogP contribution in [0.5, 0.6) is 0 Å². The number of hydrogen-bond acceptors (Lipinski definition) is 6. The quantitative estimate of drug-likeness (QED) is 0.701. The molecule has 8 heteroatoms. The average molecular weight is 407 g/mol. The van der Waals surface area contributed by atoms with Crippen LogP contribution in [0.15, 0.2) is 24.3 Å². The molecule has 3 fully saturated rings. The zero-order chi connectivity index (χ0) is 20.5. The molecule has 1 spiro atoms. The number of rotatable bonds is 2. The fourth-order valence-corrected chi connectivity index (χ4v) is 6.80. The molecule has 3 unspecified atom stereocenters. The van der Waals surface area contributed by atoms with Gasteiger partial charge in [0.1, 0.15) is 16.5 Å². The van der Waals surface area contributed by atoms with E-state index < -0.39 is 32.6 Å². The number of carbonyl (C=O) groups is 2. The number of fused-ring (bicyclic) bond motifs is 1. The lowest BCUT2D eigenvalue weighted by Crippen LogP contribution is -2.40. The Labute approximate surface area is 165 Å². The van der Waals surface area contributed by atoms with Crippen LogP contribution >= 0.6 is 0 Å². The zero-order valence-electron chi connectivity index (χ0n) is 16.5. The molecule has 0 aliphatic carbocycles. The Morgan fingerprint density at radius 2 is 1.86 bits per heavy atom. The highest BCUT2D eigenvalue weighted by atomic mass is 32.2. The van der Waals surface area contributed by atoms with Crippen molar-refractivity contribution in [2.75, 3.05) is 6.54 Å². The molecule has 3 aliphatic heterocycles.